The number of phenolic OH excluding ortho intramolecular Hbond substituents is 1. The third kappa shape index (κ3) is 3.33. The monoisotopic (exact) mass is 290 g/mol. The molecule has 2 N–H and O–H groups in total. The van der Waals surface area contributed by atoms with Gasteiger partial charge in [0.25, 0.3) is 5.91 Å². The number of hydrogen-bond acceptors (Lipinski definition) is 4. The largest absolute Gasteiger partial charge is 0.502 e. The molecule has 0 bridgehead atoms. The van der Waals surface area contributed by atoms with Crippen molar-refractivity contribution in [3.05, 3.63) is 69.5 Å². The van der Waals surface area contributed by atoms with Crippen LogP contribution in [0.3, 0.4) is 0 Å². The van der Waals surface area contributed by atoms with Gasteiger partial charge in [0.2, 0.25) is 5.75 Å². The third-order valence-corrected chi connectivity index (χ3v) is 2.80. The molecule has 2 aromatic carbocycles. The summed E-state index contributed by atoms with van der Waals surface area (Å²) in [7, 11) is 0. The minimum Gasteiger partial charge on any atom is -0.502 e. The molecule has 0 aromatic heterocycles. The summed E-state index contributed by atoms with van der Waals surface area (Å²) >= 11 is 0. The average molecular weight is 290 g/mol. The van der Waals surface area contributed by atoms with Gasteiger partial charge >= 0.3 is 5.69 Å². The Morgan fingerprint density at radius 1 is 1.29 bits per heavy atom. The molecule has 0 aliphatic carbocycles. The standard InChI is InChI=1S/C14H11FN2O4/c15-10-4-1-3-9(7-10)8-16-14(19)11-5-2-6-12(13(11)18)17(20)21/h1-7,18H,8H2,(H,16,19). The van der Waals surface area contributed by atoms with Crippen LogP contribution >= 0.6 is 0 Å². The third-order valence-electron chi connectivity index (χ3n) is 2.80. The SMILES string of the molecule is O=C(NCc1cccc(F)c1)c1cccc([N+](=O)[O-])c1O. The minimum absolute atomic E-state index is 0.0404. The van der Waals surface area contributed by atoms with E-state index < -0.39 is 28.1 Å². The van der Waals surface area contributed by atoms with E-state index in [0.717, 1.165) is 6.07 Å². The highest BCUT2D eigenvalue weighted by Gasteiger charge is 2.20. The number of halogens is 1. The highest BCUT2D eigenvalue weighted by molar-refractivity contribution is 5.98. The van der Waals surface area contributed by atoms with Crippen LogP contribution in [0.5, 0.6) is 5.75 Å². The van der Waals surface area contributed by atoms with Crippen molar-refractivity contribution in [1.82, 2.24) is 5.32 Å². The molecule has 0 radical (unpaired) electrons. The van der Waals surface area contributed by atoms with Crippen molar-refractivity contribution in [2.24, 2.45) is 0 Å². The molecule has 2 aromatic rings. The highest BCUT2D eigenvalue weighted by atomic mass is 19.1. The number of para-hydroxylation sites is 1. The second kappa shape index (κ2) is 6.00. The van der Waals surface area contributed by atoms with E-state index in [4.69, 9.17) is 0 Å². The number of aromatic hydroxyl groups is 1. The zero-order valence-corrected chi connectivity index (χ0v) is 10.7. The zero-order chi connectivity index (χ0) is 15.4. The number of carbonyl (C=O) groups excluding carboxylic acids is 1. The van der Waals surface area contributed by atoms with Gasteiger partial charge in [0, 0.05) is 12.6 Å². The maximum absolute atomic E-state index is 13.0. The first-order valence-electron chi connectivity index (χ1n) is 5.98. The van der Waals surface area contributed by atoms with Crippen LogP contribution in [0.15, 0.2) is 42.5 Å². The van der Waals surface area contributed by atoms with E-state index in [0.29, 0.717) is 5.56 Å². The first-order valence-corrected chi connectivity index (χ1v) is 5.98. The second-order valence-corrected chi connectivity index (χ2v) is 4.24. The molecule has 0 spiro atoms. The van der Waals surface area contributed by atoms with Gasteiger partial charge in [-0.05, 0) is 23.8 Å². The second-order valence-electron chi connectivity index (χ2n) is 4.24. The topological polar surface area (TPSA) is 92.5 Å². The first kappa shape index (κ1) is 14.4. The Morgan fingerprint density at radius 3 is 2.67 bits per heavy atom. The number of hydrogen-bond donors (Lipinski definition) is 2. The molecular formula is C14H11FN2O4. The van der Waals surface area contributed by atoms with Crippen molar-refractivity contribution >= 4 is 11.6 Å². The van der Waals surface area contributed by atoms with Crippen LogP contribution in [0.2, 0.25) is 0 Å². The summed E-state index contributed by atoms with van der Waals surface area (Å²) in [6, 6.07) is 9.32. The lowest BCUT2D eigenvalue weighted by Gasteiger charge is -2.07. The summed E-state index contributed by atoms with van der Waals surface area (Å²) in [5.41, 5.74) is -0.220. The van der Waals surface area contributed by atoms with Crippen molar-refractivity contribution in [2.45, 2.75) is 6.54 Å². The van der Waals surface area contributed by atoms with Gasteiger partial charge < -0.3 is 10.4 Å². The molecule has 0 fully saturated rings. The van der Waals surface area contributed by atoms with E-state index >= 15 is 0 Å². The van der Waals surface area contributed by atoms with Gasteiger partial charge in [0.05, 0.1) is 10.5 Å². The number of rotatable bonds is 4. The number of nitro groups is 1. The molecule has 6 nitrogen and oxygen atoms in total. The van der Waals surface area contributed by atoms with Gasteiger partial charge in [0.15, 0.2) is 0 Å². The van der Waals surface area contributed by atoms with Gasteiger partial charge in [-0.2, -0.15) is 0 Å². The van der Waals surface area contributed by atoms with Crippen LogP contribution in [-0.4, -0.2) is 15.9 Å². The van der Waals surface area contributed by atoms with E-state index in [1.807, 2.05) is 0 Å². The lowest BCUT2D eigenvalue weighted by atomic mass is 10.1. The molecule has 0 unspecified atom stereocenters. The molecule has 108 valence electrons. The lowest BCUT2D eigenvalue weighted by Crippen LogP contribution is -2.23. The van der Waals surface area contributed by atoms with Crippen molar-refractivity contribution < 1.29 is 19.2 Å². The van der Waals surface area contributed by atoms with E-state index in [1.165, 1.54) is 30.3 Å². The molecule has 0 aliphatic heterocycles. The fourth-order valence-electron chi connectivity index (χ4n) is 1.79. The fraction of sp³-hybridized carbons (Fsp3) is 0.0714. The van der Waals surface area contributed by atoms with Crippen LogP contribution in [0.4, 0.5) is 10.1 Å². The van der Waals surface area contributed by atoms with Crippen LogP contribution in [0.25, 0.3) is 0 Å². The quantitative estimate of drug-likeness (QED) is 0.668. The number of nitrogens with zero attached hydrogens (tertiary/aromatic N) is 1. The van der Waals surface area contributed by atoms with Gasteiger partial charge in [-0.15, -0.1) is 0 Å². The van der Waals surface area contributed by atoms with Crippen LogP contribution in [0.1, 0.15) is 15.9 Å². The Morgan fingerprint density at radius 2 is 2.00 bits per heavy atom. The molecule has 0 aliphatic rings. The molecular weight excluding hydrogens is 279 g/mol. The molecule has 2 rings (SSSR count). The van der Waals surface area contributed by atoms with Crippen LogP contribution in [-0.2, 0) is 6.54 Å². The first-order chi connectivity index (χ1) is 9.99. The van der Waals surface area contributed by atoms with Gasteiger partial charge in [-0.3, -0.25) is 14.9 Å². The Labute approximate surface area is 119 Å². The number of amides is 1. The summed E-state index contributed by atoms with van der Waals surface area (Å²) in [6.45, 7) is 0.0404. The Bertz CT molecular complexity index is 703. The molecule has 7 heteroatoms. The van der Waals surface area contributed by atoms with E-state index in [1.54, 1.807) is 6.07 Å². The minimum atomic E-state index is -0.779. The summed E-state index contributed by atoms with van der Waals surface area (Å²) in [4.78, 5) is 21.8. The molecule has 21 heavy (non-hydrogen) atoms. The smallest absolute Gasteiger partial charge is 0.311 e. The van der Waals surface area contributed by atoms with E-state index in [9.17, 15) is 24.4 Å². The molecule has 0 heterocycles. The number of carbonyl (C=O) groups is 1. The molecule has 0 saturated heterocycles. The van der Waals surface area contributed by atoms with Gasteiger partial charge in [0.1, 0.15) is 5.82 Å². The summed E-state index contributed by atoms with van der Waals surface area (Å²) in [5.74, 6) is -1.81. The lowest BCUT2D eigenvalue weighted by molar-refractivity contribution is -0.385. The number of nitro benzene ring substituents is 1. The summed E-state index contributed by atoms with van der Waals surface area (Å²) < 4.78 is 13.0. The molecule has 0 saturated carbocycles. The normalized spacial score (nSPS) is 10.1. The Kier molecular flexibility index (Phi) is 4.13. The predicted octanol–water partition coefficient (Wildman–Crippen LogP) is 2.37. The van der Waals surface area contributed by atoms with Gasteiger partial charge in [-0.25, -0.2) is 4.39 Å². The number of nitrogens with one attached hydrogen (secondary N) is 1. The van der Waals surface area contributed by atoms with E-state index in [-0.39, 0.29) is 12.1 Å². The van der Waals surface area contributed by atoms with Crippen LogP contribution in [0, 0.1) is 15.9 Å². The maximum atomic E-state index is 13.0. The van der Waals surface area contributed by atoms with Crippen molar-refractivity contribution in [1.29, 1.82) is 0 Å². The Balaban J connectivity index is 2.14. The molecule has 0 atom stereocenters. The highest BCUT2D eigenvalue weighted by Crippen LogP contribution is 2.29. The summed E-state index contributed by atoms with van der Waals surface area (Å²) in [5, 5.41) is 22.9. The van der Waals surface area contributed by atoms with Crippen molar-refractivity contribution in [2.75, 3.05) is 0 Å². The maximum Gasteiger partial charge on any atom is 0.311 e. The number of benzene rings is 2. The van der Waals surface area contributed by atoms with Crippen LogP contribution < -0.4 is 5.32 Å². The van der Waals surface area contributed by atoms with Gasteiger partial charge in [-0.1, -0.05) is 18.2 Å². The zero-order valence-electron chi connectivity index (χ0n) is 10.7. The predicted molar refractivity (Wildman–Crippen MR) is 72.3 cm³/mol. The fourth-order valence-corrected chi connectivity index (χ4v) is 1.79. The van der Waals surface area contributed by atoms with Crippen molar-refractivity contribution in [3.8, 4) is 5.75 Å². The Hall–Kier alpha value is -2.96. The molecule has 1 amide bonds. The summed E-state index contributed by atoms with van der Waals surface area (Å²) in [6.07, 6.45) is 0. The van der Waals surface area contributed by atoms with E-state index in [2.05, 4.69) is 5.32 Å². The van der Waals surface area contributed by atoms with Crippen molar-refractivity contribution in [3.63, 3.8) is 0 Å². The average Bonchev–Trinajstić information content (AvgIpc) is 2.45. The number of phenols is 1.